The van der Waals surface area contributed by atoms with Gasteiger partial charge in [0.05, 0.1) is 16.7 Å². The van der Waals surface area contributed by atoms with Gasteiger partial charge in [0.2, 0.25) is 5.91 Å². The average Bonchev–Trinajstić information content (AvgIpc) is 2.91. The zero-order valence-electron chi connectivity index (χ0n) is 13.3. The molecular weight excluding hydrogens is 292 g/mol. The molecule has 0 unspecified atom stereocenters. The molecule has 1 aromatic carbocycles. The number of primary amides is 1. The maximum atomic E-state index is 13.1. The van der Waals surface area contributed by atoms with Crippen LogP contribution in [0.1, 0.15) is 25.1 Å². The Labute approximate surface area is 133 Å². The van der Waals surface area contributed by atoms with E-state index in [1.165, 1.54) is 4.52 Å². The van der Waals surface area contributed by atoms with Crippen molar-refractivity contribution in [2.45, 2.75) is 26.2 Å². The molecule has 0 saturated carbocycles. The molecule has 2 heterocycles. The van der Waals surface area contributed by atoms with Gasteiger partial charge in [0.1, 0.15) is 0 Å². The van der Waals surface area contributed by atoms with E-state index < -0.39 is 11.3 Å². The van der Waals surface area contributed by atoms with Crippen LogP contribution in [0.5, 0.6) is 0 Å². The quantitative estimate of drug-likeness (QED) is 0.797. The number of aryl methyl sites for hydroxylation is 1. The Morgan fingerprint density at radius 1 is 1.17 bits per heavy atom. The topological polar surface area (TPSA) is 82.4 Å². The molecule has 0 aliphatic heterocycles. The van der Waals surface area contributed by atoms with Gasteiger partial charge in [0.15, 0.2) is 5.65 Å². The van der Waals surface area contributed by atoms with Crippen molar-refractivity contribution < 1.29 is 4.79 Å². The van der Waals surface area contributed by atoms with E-state index in [9.17, 15) is 9.59 Å². The lowest BCUT2D eigenvalue weighted by molar-refractivity contribution is -0.122. The third-order valence-electron chi connectivity index (χ3n) is 4.11. The van der Waals surface area contributed by atoms with Gasteiger partial charge in [-0.15, -0.1) is 0 Å². The van der Waals surface area contributed by atoms with Crippen molar-refractivity contribution in [2.75, 3.05) is 0 Å². The van der Waals surface area contributed by atoms with Crippen LogP contribution in [0.25, 0.3) is 11.3 Å². The van der Waals surface area contributed by atoms with Crippen LogP contribution >= 0.6 is 0 Å². The first-order valence-electron chi connectivity index (χ1n) is 7.31. The molecule has 0 aliphatic rings. The highest BCUT2D eigenvalue weighted by Crippen LogP contribution is 2.22. The van der Waals surface area contributed by atoms with E-state index >= 15 is 0 Å². The van der Waals surface area contributed by atoms with E-state index in [1.54, 1.807) is 37.7 Å². The number of benzene rings is 1. The Hall–Kier alpha value is -2.89. The Morgan fingerprint density at radius 2 is 1.83 bits per heavy atom. The molecule has 3 aromatic rings. The van der Waals surface area contributed by atoms with Crippen LogP contribution in [0.3, 0.4) is 0 Å². The molecule has 2 N–H and O–H groups in total. The summed E-state index contributed by atoms with van der Waals surface area (Å²) in [5.41, 5.74) is 6.30. The molecule has 0 radical (unpaired) electrons. The predicted molar refractivity (Wildman–Crippen MR) is 87.7 cm³/mol. The number of carbonyl (C=O) groups excluding carboxylic acids is 1. The summed E-state index contributed by atoms with van der Waals surface area (Å²) in [6.45, 7) is 5.01. The number of fused-ring (bicyclic) bond motifs is 1. The van der Waals surface area contributed by atoms with Crippen LogP contribution in [0, 0.1) is 6.92 Å². The highest BCUT2D eigenvalue weighted by molar-refractivity contribution is 5.86. The van der Waals surface area contributed by atoms with Crippen LogP contribution in [0.4, 0.5) is 0 Å². The molecule has 6 heteroatoms. The number of para-hydroxylation sites is 1. The molecule has 0 bridgehead atoms. The van der Waals surface area contributed by atoms with Crippen LogP contribution in [-0.4, -0.2) is 20.1 Å². The van der Waals surface area contributed by atoms with E-state index in [4.69, 9.17) is 5.73 Å². The van der Waals surface area contributed by atoms with Crippen LogP contribution in [-0.2, 0) is 10.2 Å². The second kappa shape index (κ2) is 5.08. The molecule has 0 aliphatic carbocycles. The zero-order chi connectivity index (χ0) is 16.8. The van der Waals surface area contributed by atoms with Gasteiger partial charge in [-0.1, -0.05) is 18.2 Å². The van der Waals surface area contributed by atoms with Crippen molar-refractivity contribution in [1.29, 1.82) is 0 Å². The number of nitrogens with two attached hydrogens (primary N) is 1. The number of rotatable bonds is 3. The van der Waals surface area contributed by atoms with Crippen molar-refractivity contribution >= 4 is 11.6 Å². The number of amides is 1. The lowest BCUT2D eigenvalue weighted by Crippen LogP contribution is -2.42. The second-order valence-corrected chi connectivity index (χ2v) is 6.03. The molecule has 0 atom stereocenters. The average molecular weight is 310 g/mol. The van der Waals surface area contributed by atoms with Gasteiger partial charge in [0, 0.05) is 18.0 Å². The first-order valence-corrected chi connectivity index (χ1v) is 7.31. The highest BCUT2D eigenvalue weighted by Gasteiger charge is 2.33. The maximum absolute atomic E-state index is 13.1. The van der Waals surface area contributed by atoms with Gasteiger partial charge in [-0.25, -0.2) is 4.98 Å². The lowest BCUT2D eigenvalue weighted by atomic mass is 9.84. The van der Waals surface area contributed by atoms with Gasteiger partial charge in [-0.05, 0) is 32.9 Å². The molecule has 3 rings (SSSR count). The van der Waals surface area contributed by atoms with Crippen molar-refractivity contribution in [3.8, 4) is 5.69 Å². The molecule has 0 spiro atoms. The van der Waals surface area contributed by atoms with E-state index in [-0.39, 0.29) is 5.56 Å². The standard InChI is InChI=1S/C17H18N4O2/c1-11-14(17(2,3)16(18)23)15(22)21-13(19-11)9-10-20(21)12-7-5-4-6-8-12/h4-10H,1-3H3,(H2,18,23). The third kappa shape index (κ3) is 2.23. The Bertz CT molecular complexity index is 952. The van der Waals surface area contributed by atoms with Crippen LogP contribution < -0.4 is 11.3 Å². The van der Waals surface area contributed by atoms with E-state index in [1.807, 2.05) is 30.3 Å². The summed E-state index contributed by atoms with van der Waals surface area (Å²) in [6.07, 6.45) is 1.78. The fourth-order valence-corrected chi connectivity index (χ4v) is 2.78. The van der Waals surface area contributed by atoms with E-state index in [2.05, 4.69) is 4.98 Å². The summed E-state index contributed by atoms with van der Waals surface area (Å²) >= 11 is 0. The fourth-order valence-electron chi connectivity index (χ4n) is 2.78. The van der Waals surface area contributed by atoms with Crippen molar-refractivity contribution in [3.63, 3.8) is 0 Å². The minimum atomic E-state index is -1.10. The van der Waals surface area contributed by atoms with Gasteiger partial charge < -0.3 is 5.73 Å². The van der Waals surface area contributed by atoms with Crippen LogP contribution in [0.2, 0.25) is 0 Å². The van der Waals surface area contributed by atoms with Gasteiger partial charge >= 0.3 is 0 Å². The molecular formula is C17H18N4O2. The van der Waals surface area contributed by atoms with Gasteiger partial charge in [-0.2, -0.15) is 4.52 Å². The summed E-state index contributed by atoms with van der Waals surface area (Å²) in [4.78, 5) is 29.3. The largest absolute Gasteiger partial charge is 0.369 e. The third-order valence-corrected chi connectivity index (χ3v) is 4.11. The van der Waals surface area contributed by atoms with Crippen molar-refractivity contribution in [3.05, 3.63) is 64.2 Å². The van der Waals surface area contributed by atoms with Gasteiger partial charge in [0.25, 0.3) is 5.56 Å². The summed E-state index contributed by atoms with van der Waals surface area (Å²) < 4.78 is 3.17. The number of aromatic nitrogens is 3. The molecule has 1 amide bonds. The molecule has 118 valence electrons. The maximum Gasteiger partial charge on any atom is 0.277 e. The summed E-state index contributed by atoms with van der Waals surface area (Å²) in [6, 6.07) is 11.2. The highest BCUT2D eigenvalue weighted by atomic mass is 16.2. The fraction of sp³-hybridized carbons (Fsp3) is 0.235. The lowest BCUT2D eigenvalue weighted by Gasteiger charge is -2.22. The van der Waals surface area contributed by atoms with Crippen molar-refractivity contribution in [1.82, 2.24) is 14.2 Å². The molecule has 6 nitrogen and oxygen atoms in total. The summed E-state index contributed by atoms with van der Waals surface area (Å²) in [7, 11) is 0. The smallest absolute Gasteiger partial charge is 0.277 e. The minimum absolute atomic E-state index is 0.287. The molecule has 2 aromatic heterocycles. The molecule has 0 fully saturated rings. The monoisotopic (exact) mass is 310 g/mol. The van der Waals surface area contributed by atoms with E-state index in [0.29, 0.717) is 16.9 Å². The van der Waals surface area contributed by atoms with Crippen LogP contribution in [0.15, 0.2) is 47.4 Å². The molecule has 23 heavy (non-hydrogen) atoms. The second-order valence-electron chi connectivity index (χ2n) is 6.03. The zero-order valence-corrected chi connectivity index (χ0v) is 13.3. The number of hydrogen-bond acceptors (Lipinski definition) is 3. The van der Waals surface area contributed by atoms with E-state index in [0.717, 1.165) is 5.69 Å². The Kier molecular flexibility index (Phi) is 3.32. The predicted octanol–water partition coefficient (Wildman–Crippen LogP) is 1.56. The number of carbonyl (C=O) groups is 1. The first-order chi connectivity index (χ1) is 10.8. The minimum Gasteiger partial charge on any atom is -0.369 e. The molecule has 0 saturated heterocycles. The van der Waals surface area contributed by atoms with Crippen molar-refractivity contribution in [2.24, 2.45) is 5.73 Å². The SMILES string of the molecule is Cc1nc2ccn(-c3ccccc3)n2c(=O)c1C(C)(C)C(N)=O. The number of hydrogen-bond donors (Lipinski definition) is 1. The normalized spacial score (nSPS) is 11.8. The Morgan fingerprint density at radius 3 is 2.43 bits per heavy atom. The van der Waals surface area contributed by atoms with Gasteiger partial charge in [-0.3, -0.25) is 14.3 Å². The number of nitrogens with zero attached hydrogens (tertiary/aromatic N) is 3. The Balaban J connectivity index is 2.38. The summed E-state index contributed by atoms with van der Waals surface area (Å²) in [5, 5.41) is 0. The first kappa shape index (κ1) is 15.0. The summed E-state index contributed by atoms with van der Waals surface area (Å²) in [5.74, 6) is -0.558.